The molecule has 1 atom stereocenters. The molecule has 3 fully saturated rings. The van der Waals surface area contributed by atoms with E-state index in [1.54, 1.807) is 0 Å². The summed E-state index contributed by atoms with van der Waals surface area (Å²) < 4.78 is 0. The van der Waals surface area contributed by atoms with Crippen molar-refractivity contribution in [2.75, 3.05) is 32.7 Å². The van der Waals surface area contributed by atoms with E-state index in [0.29, 0.717) is 5.41 Å². The fraction of sp³-hybridized carbons (Fsp3) is 1.00. The highest BCUT2D eigenvalue weighted by atomic mass is 15.3. The Morgan fingerprint density at radius 3 is 2.61 bits per heavy atom. The average molecular weight is 250 g/mol. The fourth-order valence-electron chi connectivity index (χ4n) is 4.59. The third kappa shape index (κ3) is 2.60. The second-order valence-corrected chi connectivity index (χ2v) is 6.98. The zero-order valence-electron chi connectivity index (χ0n) is 12.2. The number of rotatable bonds is 3. The van der Waals surface area contributed by atoms with Gasteiger partial charge in [-0.1, -0.05) is 26.2 Å². The second-order valence-electron chi connectivity index (χ2n) is 6.98. The SMILES string of the molecule is CCC1(CN2CCN3CCCCC3C2)CCCC1. The molecule has 2 aliphatic heterocycles. The van der Waals surface area contributed by atoms with Crippen LogP contribution in [0.5, 0.6) is 0 Å². The molecular formula is C16H30N2. The lowest BCUT2D eigenvalue weighted by Crippen LogP contribution is -2.56. The minimum atomic E-state index is 0.691. The molecule has 104 valence electrons. The van der Waals surface area contributed by atoms with Crippen LogP contribution in [0.1, 0.15) is 58.3 Å². The van der Waals surface area contributed by atoms with E-state index in [1.165, 1.54) is 84.1 Å². The first-order valence-electron chi connectivity index (χ1n) is 8.28. The molecule has 0 N–H and O–H groups in total. The van der Waals surface area contributed by atoms with Gasteiger partial charge >= 0.3 is 0 Å². The molecule has 1 saturated carbocycles. The molecule has 0 amide bonds. The summed E-state index contributed by atoms with van der Waals surface area (Å²) in [6, 6.07) is 0.891. The van der Waals surface area contributed by atoms with E-state index in [9.17, 15) is 0 Å². The van der Waals surface area contributed by atoms with Crippen molar-refractivity contribution in [3.8, 4) is 0 Å². The monoisotopic (exact) mass is 250 g/mol. The van der Waals surface area contributed by atoms with Crippen LogP contribution < -0.4 is 0 Å². The van der Waals surface area contributed by atoms with E-state index in [4.69, 9.17) is 0 Å². The smallest absolute Gasteiger partial charge is 0.0223 e. The van der Waals surface area contributed by atoms with Crippen LogP contribution >= 0.6 is 0 Å². The molecule has 1 aliphatic carbocycles. The highest BCUT2D eigenvalue weighted by Crippen LogP contribution is 2.42. The summed E-state index contributed by atoms with van der Waals surface area (Å²) in [4.78, 5) is 5.56. The summed E-state index contributed by atoms with van der Waals surface area (Å²) in [5, 5.41) is 0. The van der Waals surface area contributed by atoms with E-state index in [0.717, 1.165) is 6.04 Å². The average Bonchev–Trinajstić information content (AvgIpc) is 2.88. The van der Waals surface area contributed by atoms with Gasteiger partial charge in [0, 0.05) is 32.2 Å². The maximum absolute atomic E-state index is 2.81. The van der Waals surface area contributed by atoms with Crippen molar-refractivity contribution < 1.29 is 0 Å². The van der Waals surface area contributed by atoms with Crippen LogP contribution in [0.4, 0.5) is 0 Å². The predicted octanol–water partition coefficient (Wildman–Crippen LogP) is 3.13. The standard InChI is InChI=1S/C16H30N2/c1-2-16(8-4-5-9-16)14-17-11-12-18-10-6-3-7-15(18)13-17/h15H,2-14H2,1H3. The highest BCUT2D eigenvalue weighted by molar-refractivity contribution is 4.91. The molecule has 3 rings (SSSR count). The largest absolute Gasteiger partial charge is 0.300 e. The lowest BCUT2D eigenvalue weighted by molar-refractivity contribution is 0.0255. The van der Waals surface area contributed by atoms with Crippen LogP contribution in [0.15, 0.2) is 0 Å². The van der Waals surface area contributed by atoms with E-state index in [1.807, 2.05) is 0 Å². The third-order valence-corrected chi connectivity index (χ3v) is 5.89. The maximum Gasteiger partial charge on any atom is 0.0223 e. The molecule has 0 radical (unpaired) electrons. The van der Waals surface area contributed by atoms with Crippen molar-refractivity contribution in [2.24, 2.45) is 5.41 Å². The van der Waals surface area contributed by atoms with Gasteiger partial charge in [0.1, 0.15) is 0 Å². The fourth-order valence-corrected chi connectivity index (χ4v) is 4.59. The van der Waals surface area contributed by atoms with Gasteiger partial charge in [-0.05, 0) is 44.1 Å². The van der Waals surface area contributed by atoms with Gasteiger partial charge in [-0.25, -0.2) is 0 Å². The second kappa shape index (κ2) is 5.50. The summed E-state index contributed by atoms with van der Waals surface area (Å²) >= 11 is 0. The van der Waals surface area contributed by atoms with Crippen LogP contribution in [-0.4, -0.2) is 48.6 Å². The highest BCUT2D eigenvalue weighted by Gasteiger charge is 2.36. The van der Waals surface area contributed by atoms with E-state index < -0.39 is 0 Å². The van der Waals surface area contributed by atoms with Gasteiger partial charge in [-0.3, -0.25) is 9.80 Å². The van der Waals surface area contributed by atoms with Gasteiger partial charge in [0.2, 0.25) is 0 Å². The number of piperazine rings is 1. The topological polar surface area (TPSA) is 6.48 Å². The first-order valence-corrected chi connectivity index (χ1v) is 8.28. The Morgan fingerprint density at radius 2 is 1.83 bits per heavy atom. The van der Waals surface area contributed by atoms with E-state index in [2.05, 4.69) is 16.7 Å². The maximum atomic E-state index is 2.81. The van der Waals surface area contributed by atoms with Gasteiger partial charge in [0.05, 0.1) is 0 Å². The summed E-state index contributed by atoms with van der Waals surface area (Å²) in [5.41, 5.74) is 0.691. The molecule has 1 unspecified atom stereocenters. The Kier molecular flexibility index (Phi) is 3.95. The Morgan fingerprint density at radius 1 is 1.00 bits per heavy atom. The number of hydrogen-bond acceptors (Lipinski definition) is 2. The minimum Gasteiger partial charge on any atom is -0.300 e. The Balaban J connectivity index is 1.57. The summed E-state index contributed by atoms with van der Waals surface area (Å²) in [5.74, 6) is 0. The number of hydrogen-bond donors (Lipinski definition) is 0. The van der Waals surface area contributed by atoms with Crippen LogP contribution in [0.2, 0.25) is 0 Å². The summed E-state index contributed by atoms with van der Waals surface area (Å²) in [6.07, 6.45) is 11.7. The normalized spacial score (nSPS) is 33.5. The first-order chi connectivity index (χ1) is 8.81. The Bertz CT molecular complexity index is 270. The van der Waals surface area contributed by atoms with Gasteiger partial charge in [-0.2, -0.15) is 0 Å². The molecule has 0 bridgehead atoms. The van der Waals surface area contributed by atoms with Crippen LogP contribution in [0.3, 0.4) is 0 Å². The molecular weight excluding hydrogens is 220 g/mol. The van der Waals surface area contributed by atoms with Crippen molar-refractivity contribution in [2.45, 2.75) is 64.3 Å². The van der Waals surface area contributed by atoms with E-state index >= 15 is 0 Å². The zero-order valence-corrected chi connectivity index (χ0v) is 12.2. The van der Waals surface area contributed by atoms with Gasteiger partial charge in [0.15, 0.2) is 0 Å². The molecule has 2 nitrogen and oxygen atoms in total. The number of nitrogens with zero attached hydrogens (tertiary/aromatic N) is 2. The Hall–Kier alpha value is -0.0800. The molecule has 0 spiro atoms. The molecule has 0 aromatic rings. The van der Waals surface area contributed by atoms with Crippen LogP contribution in [-0.2, 0) is 0 Å². The molecule has 3 aliphatic rings. The molecule has 2 heterocycles. The zero-order chi connectivity index (χ0) is 12.4. The lowest BCUT2D eigenvalue weighted by Gasteiger charge is -2.46. The van der Waals surface area contributed by atoms with Crippen molar-refractivity contribution >= 4 is 0 Å². The summed E-state index contributed by atoms with van der Waals surface area (Å²) in [7, 11) is 0. The number of fused-ring (bicyclic) bond motifs is 1. The molecule has 2 heteroatoms. The predicted molar refractivity (Wildman–Crippen MR) is 76.8 cm³/mol. The molecule has 18 heavy (non-hydrogen) atoms. The first kappa shape index (κ1) is 12.9. The van der Waals surface area contributed by atoms with Gasteiger partial charge in [0.25, 0.3) is 0 Å². The van der Waals surface area contributed by atoms with Crippen molar-refractivity contribution in [1.82, 2.24) is 9.80 Å². The van der Waals surface area contributed by atoms with Crippen molar-refractivity contribution in [1.29, 1.82) is 0 Å². The van der Waals surface area contributed by atoms with Crippen LogP contribution in [0.25, 0.3) is 0 Å². The number of piperidine rings is 1. The molecule has 2 saturated heterocycles. The minimum absolute atomic E-state index is 0.691. The third-order valence-electron chi connectivity index (χ3n) is 5.89. The Labute approximate surface area is 113 Å². The van der Waals surface area contributed by atoms with E-state index in [-0.39, 0.29) is 0 Å². The van der Waals surface area contributed by atoms with Crippen LogP contribution in [0, 0.1) is 5.41 Å². The lowest BCUT2D eigenvalue weighted by atomic mass is 9.82. The molecule has 0 aromatic carbocycles. The quantitative estimate of drug-likeness (QED) is 0.759. The van der Waals surface area contributed by atoms with Crippen molar-refractivity contribution in [3.63, 3.8) is 0 Å². The van der Waals surface area contributed by atoms with Gasteiger partial charge in [-0.15, -0.1) is 0 Å². The van der Waals surface area contributed by atoms with Crippen molar-refractivity contribution in [3.05, 3.63) is 0 Å². The molecule has 0 aromatic heterocycles. The van der Waals surface area contributed by atoms with Gasteiger partial charge < -0.3 is 0 Å². The summed E-state index contributed by atoms with van der Waals surface area (Å²) in [6.45, 7) is 9.22.